The second-order valence-corrected chi connectivity index (χ2v) is 7.73. The smallest absolute Gasteiger partial charge is 0.0864 e. The molecule has 112 valence electrons. The van der Waals surface area contributed by atoms with E-state index in [2.05, 4.69) is 59.4 Å². The monoisotopic (exact) mass is 308 g/mol. The number of hydrogen-bond donors (Lipinski definition) is 1. The highest BCUT2D eigenvalue weighted by Crippen LogP contribution is 2.39. The van der Waals surface area contributed by atoms with E-state index in [0.717, 1.165) is 17.5 Å². The van der Waals surface area contributed by atoms with Crippen molar-refractivity contribution in [2.75, 3.05) is 6.16 Å². The second kappa shape index (κ2) is 7.38. The summed E-state index contributed by atoms with van der Waals surface area (Å²) in [5.41, 5.74) is 3.42. The van der Waals surface area contributed by atoms with Gasteiger partial charge in [0.1, 0.15) is 0 Å². The van der Waals surface area contributed by atoms with Gasteiger partial charge in [0.15, 0.2) is 0 Å². The van der Waals surface area contributed by atoms with Crippen LogP contribution < -0.4 is 5.30 Å². The maximum absolute atomic E-state index is 4.41. The molecule has 0 saturated heterocycles. The standard InChI is InChI=1S/C19H21N2P/c1-2-14-22(17-8-4-3-5-9-17)15-16-11-12-19(21-16)18-10-6-7-13-20-18/h3-13,21H,2,14-15H2,1H3. The molecule has 0 amide bonds. The van der Waals surface area contributed by atoms with Gasteiger partial charge in [-0.1, -0.05) is 57.7 Å². The first kappa shape index (κ1) is 15.0. The van der Waals surface area contributed by atoms with Gasteiger partial charge in [0.2, 0.25) is 0 Å². The summed E-state index contributed by atoms with van der Waals surface area (Å²) < 4.78 is 0. The van der Waals surface area contributed by atoms with Gasteiger partial charge in [-0.25, -0.2) is 0 Å². The Morgan fingerprint density at radius 1 is 0.955 bits per heavy atom. The zero-order valence-electron chi connectivity index (χ0n) is 12.9. The molecule has 3 rings (SSSR count). The van der Waals surface area contributed by atoms with Crippen molar-refractivity contribution in [3.05, 3.63) is 72.6 Å². The Morgan fingerprint density at radius 2 is 1.77 bits per heavy atom. The number of nitrogens with zero attached hydrogens (tertiary/aromatic N) is 1. The average Bonchev–Trinajstić information content (AvgIpc) is 3.05. The first-order valence-corrected chi connectivity index (χ1v) is 9.47. The zero-order chi connectivity index (χ0) is 15.2. The van der Waals surface area contributed by atoms with Gasteiger partial charge >= 0.3 is 0 Å². The molecule has 0 aliphatic rings. The van der Waals surface area contributed by atoms with Crippen LogP contribution in [0.2, 0.25) is 0 Å². The lowest BCUT2D eigenvalue weighted by molar-refractivity contribution is 1.09. The van der Waals surface area contributed by atoms with Crippen LogP contribution in [0.25, 0.3) is 11.4 Å². The highest BCUT2D eigenvalue weighted by molar-refractivity contribution is 7.64. The summed E-state index contributed by atoms with van der Waals surface area (Å²) in [6, 6.07) is 21.3. The predicted octanol–water partition coefficient (Wildman–Crippen LogP) is 4.79. The van der Waals surface area contributed by atoms with Gasteiger partial charge in [0.05, 0.1) is 11.4 Å². The fourth-order valence-corrected chi connectivity index (χ4v) is 4.95. The molecule has 0 radical (unpaired) electrons. The summed E-state index contributed by atoms with van der Waals surface area (Å²) in [5, 5.41) is 1.49. The van der Waals surface area contributed by atoms with E-state index >= 15 is 0 Å². The summed E-state index contributed by atoms with van der Waals surface area (Å²) >= 11 is 0. The minimum Gasteiger partial charge on any atom is -0.357 e. The number of aromatic amines is 1. The third-order valence-electron chi connectivity index (χ3n) is 3.66. The van der Waals surface area contributed by atoms with Crippen molar-refractivity contribution >= 4 is 13.2 Å². The van der Waals surface area contributed by atoms with Crippen LogP contribution in [0, 0.1) is 0 Å². The van der Waals surface area contributed by atoms with E-state index in [0.29, 0.717) is 0 Å². The molecular formula is C19H21N2P. The number of nitrogens with one attached hydrogen (secondary N) is 1. The molecule has 0 aliphatic heterocycles. The molecule has 0 saturated carbocycles. The molecule has 3 heteroatoms. The van der Waals surface area contributed by atoms with Crippen LogP contribution >= 0.6 is 7.92 Å². The Balaban J connectivity index is 1.78. The predicted molar refractivity (Wildman–Crippen MR) is 95.9 cm³/mol. The van der Waals surface area contributed by atoms with Gasteiger partial charge in [0, 0.05) is 18.1 Å². The van der Waals surface area contributed by atoms with Crippen LogP contribution in [-0.4, -0.2) is 16.1 Å². The van der Waals surface area contributed by atoms with Crippen molar-refractivity contribution in [1.29, 1.82) is 0 Å². The van der Waals surface area contributed by atoms with Crippen molar-refractivity contribution in [2.24, 2.45) is 0 Å². The van der Waals surface area contributed by atoms with Crippen LogP contribution in [0.4, 0.5) is 0 Å². The molecule has 2 heterocycles. The normalized spacial score (nSPS) is 12.2. The Hall–Kier alpha value is -1.92. The minimum atomic E-state index is -0.139. The molecule has 1 N–H and O–H groups in total. The molecule has 3 aromatic rings. The van der Waals surface area contributed by atoms with Crippen LogP contribution in [0.3, 0.4) is 0 Å². The molecule has 0 fully saturated rings. The molecule has 1 aromatic carbocycles. The van der Waals surface area contributed by atoms with Gasteiger partial charge in [-0.3, -0.25) is 4.98 Å². The highest BCUT2D eigenvalue weighted by Gasteiger charge is 2.12. The number of rotatable bonds is 6. The van der Waals surface area contributed by atoms with Crippen molar-refractivity contribution < 1.29 is 0 Å². The Kier molecular flexibility index (Phi) is 5.03. The van der Waals surface area contributed by atoms with E-state index in [1.54, 1.807) is 0 Å². The van der Waals surface area contributed by atoms with Crippen molar-refractivity contribution in [3.8, 4) is 11.4 Å². The Bertz CT molecular complexity index is 692. The SMILES string of the molecule is CCCP(Cc1ccc(-c2ccccn2)[nH]1)c1ccccc1. The van der Waals surface area contributed by atoms with E-state index in [-0.39, 0.29) is 7.92 Å². The first-order chi connectivity index (χ1) is 10.9. The number of aromatic nitrogens is 2. The summed E-state index contributed by atoms with van der Waals surface area (Å²) in [7, 11) is -0.139. The quantitative estimate of drug-likeness (QED) is 0.651. The minimum absolute atomic E-state index is 0.139. The summed E-state index contributed by atoms with van der Waals surface area (Å²) in [4.78, 5) is 7.95. The third-order valence-corrected chi connectivity index (χ3v) is 6.40. The summed E-state index contributed by atoms with van der Waals surface area (Å²) in [5.74, 6) is 0. The van der Waals surface area contributed by atoms with Crippen LogP contribution in [0.5, 0.6) is 0 Å². The fraction of sp³-hybridized carbons (Fsp3) is 0.211. The lowest BCUT2D eigenvalue weighted by Gasteiger charge is -2.16. The molecule has 22 heavy (non-hydrogen) atoms. The maximum Gasteiger partial charge on any atom is 0.0864 e. The van der Waals surface area contributed by atoms with E-state index < -0.39 is 0 Å². The van der Waals surface area contributed by atoms with Crippen molar-refractivity contribution in [1.82, 2.24) is 9.97 Å². The molecule has 1 unspecified atom stereocenters. The van der Waals surface area contributed by atoms with E-state index in [4.69, 9.17) is 0 Å². The van der Waals surface area contributed by atoms with Gasteiger partial charge in [0.25, 0.3) is 0 Å². The van der Waals surface area contributed by atoms with Crippen LogP contribution in [0.1, 0.15) is 19.0 Å². The Labute approximate surface area is 133 Å². The van der Waals surface area contributed by atoms with Gasteiger partial charge in [-0.15, -0.1) is 0 Å². The van der Waals surface area contributed by atoms with Crippen LogP contribution in [-0.2, 0) is 6.16 Å². The van der Waals surface area contributed by atoms with Crippen LogP contribution in [0.15, 0.2) is 66.9 Å². The largest absolute Gasteiger partial charge is 0.357 e. The topological polar surface area (TPSA) is 28.7 Å². The fourth-order valence-electron chi connectivity index (χ4n) is 2.62. The summed E-state index contributed by atoms with van der Waals surface area (Å²) in [6.07, 6.45) is 5.45. The average molecular weight is 308 g/mol. The van der Waals surface area contributed by atoms with Gasteiger partial charge in [-0.2, -0.15) is 0 Å². The molecule has 0 bridgehead atoms. The van der Waals surface area contributed by atoms with Crippen molar-refractivity contribution in [2.45, 2.75) is 19.5 Å². The maximum atomic E-state index is 4.41. The van der Waals surface area contributed by atoms with Crippen molar-refractivity contribution in [3.63, 3.8) is 0 Å². The third kappa shape index (κ3) is 3.64. The lowest BCUT2D eigenvalue weighted by atomic mass is 10.3. The second-order valence-electron chi connectivity index (χ2n) is 5.37. The van der Waals surface area contributed by atoms with E-state index in [9.17, 15) is 0 Å². The highest BCUT2D eigenvalue weighted by atomic mass is 31.1. The zero-order valence-corrected chi connectivity index (χ0v) is 13.8. The summed E-state index contributed by atoms with van der Waals surface area (Å²) in [6.45, 7) is 2.27. The molecule has 1 atom stereocenters. The molecule has 2 nitrogen and oxygen atoms in total. The lowest BCUT2D eigenvalue weighted by Crippen LogP contribution is -2.04. The first-order valence-electron chi connectivity index (χ1n) is 7.76. The number of H-pyrrole nitrogens is 1. The molecule has 0 aliphatic carbocycles. The number of hydrogen-bond acceptors (Lipinski definition) is 1. The Morgan fingerprint density at radius 3 is 2.50 bits per heavy atom. The van der Waals surface area contributed by atoms with Gasteiger partial charge in [-0.05, 0) is 35.7 Å². The van der Waals surface area contributed by atoms with E-state index in [1.807, 2.05) is 24.4 Å². The number of pyridine rings is 1. The molecule has 0 spiro atoms. The molecule has 2 aromatic heterocycles. The number of benzene rings is 1. The van der Waals surface area contributed by atoms with Gasteiger partial charge < -0.3 is 4.98 Å². The molecular weight excluding hydrogens is 287 g/mol. The van der Waals surface area contributed by atoms with E-state index in [1.165, 1.54) is 23.6 Å².